The van der Waals surface area contributed by atoms with E-state index < -0.39 is 11.9 Å². The van der Waals surface area contributed by atoms with Crippen LogP contribution >= 0.6 is 0 Å². The Balaban J connectivity index is 1.66. The van der Waals surface area contributed by atoms with Crippen molar-refractivity contribution in [2.75, 3.05) is 0 Å². The summed E-state index contributed by atoms with van der Waals surface area (Å²) in [5.41, 5.74) is 4.29. The van der Waals surface area contributed by atoms with Crippen molar-refractivity contribution in [2.45, 2.75) is 83.0 Å². The van der Waals surface area contributed by atoms with Crippen LogP contribution in [0.2, 0.25) is 0 Å². The van der Waals surface area contributed by atoms with Gasteiger partial charge in [-0.3, -0.25) is 0 Å². The van der Waals surface area contributed by atoms with Crippen molar-refractivity contribution in [3.05, 3.63) is 94.5 Å². The van der Waals surface area contributed by atoms with Crippen LogP contribution in [-0.4, -0.2) is 11.9 Å². The molecule has 0 aliphatic heterocycles. The molecule has 0 bridgehead atoms. The third-order valence-corrected chi connectivity index (χ3v) is 7.98. The number of carbonyl (C=O) groups is 2. The van der Waals surface area contributed by atoms with Gasteiger partial charge in [-0.2, -0.15) is 0 Å². The first-order valence-corrected chi connectivity index (χ1v) is 13.9. The molecule has 192 valence electrons. The van der Waals surface area contributed by atoms with E-state index in [4.69, 9.17) is 9.47 Å². The maximum absolute atomic E-state index is 13.4. The van der Waals surface area contributed by atoms with E-state index in [1.807, 2.05) is 36.4 Å². The quantitative estimate of drug-likeness (QED) is 0.243. The Morgan fingerprint density at radius 2 is 1.16 bits per heavy atom. The van der Waals surface area contributed by atoms with Gasteiger partial charge in [-0.25, -0.2) is 9.59 Å². The average Bonchev–Trinajstić information content (AvgIpc) is 3.49. The van der Waals surface area contributed by atoms with Crippen molar-refractivity contribution in [3.8, 4) is 11.5 Å². The maximum Gasteiger partial charge on any atom is 0.343 e. The minimum absolute atomic E-state index is 0.301. The highest BCUT2D eigenvalue weighted by atomic mass is 16.6. The first-order chi connectivity index (χ1) is 18.2. The largest absolute Gasteiger partial charge is 0.419 e. The van der Waals surface area contributed by atoms with E-state index in [1.165, 1.54) is 24.8 Å². The molecule has 0 heterocycles. The Kier molecular flexibility index (Phi) is 8.03. The van der Waals surface area contributed by atoms with Gasteiger partial charge in [0.1, 0.15) is 0 Å². The van der Waals surface area contributed by atoms with E-state index in [2.05, 4.69) is 13.0 Å². The Morgan fingerprint density at radius 1 is 0.676 bits per heavy atom. The second-order valence-corrected chi connectivity index (χ2v) is 10.4. The van der Waals surface area contributed by atoms with Crippen molar-refractivity contribution in [2.24, 2.45) is 0 Å². The van der Waals surface area contributed by atoms with Gasteiger partial charge in [0, 0.05) is 5.56 Å². The Hall–Kier alpha value is -3.40. The van der Waals surface area contributed by atoms with Crippen LogP contribution in [-0.2, 0) is 6.42 Å². The van der Waals surface area contributed by atoms with Gasteiger partial charge in [0.2, 0.25) is 0 Å². The van der Waals surface area contributed by atoms with Gasteiger partial charge >= 0.3 is 11.9 Å². The highest BCUT2D eigenvalue weighted by molar-refractivity contribution is 5.94. The maximum atomic E-state index is 13.4. The Labute approximate surface area is 220 Å². The third-order valence-electron chi connectivity index (χ3n) is 7.98. The summed E-state index contributed by atoms with van der Waals surface area (Å²) in [7, 11) is 0. The molecule has 0 amide bonds. The summed E-state index contributed by atoms with van der Waals surface area (Å²) >= 11 is 0. The first-order valence-electron chi connectivity index (χ1n) is 13.9. The van der Waals surface area contributed by atoms with Gasteiger partial charge in [-0.15, -0.1) is 0 Å². The lowest BCUT2D eigenvalue weighted by atomic mass is 9.77. The lowest BCUT2D eigenvalue weighted by Gasteiger charge is -2.30. The molecule has 0 saturated heterocycles. The summed E-state index contributed by atoms with van der Waals surface area (Å²) in [6, 6.07) is 20.4. The number of aryl methyl sites for hydroxylation is 1. The van der Waals surface area contributed by atoms with Crippen molar-refractivity contribution < 1.29 is 19.1 Å². The van der Waals surface area contributed by atoms with Crippen LogP contribution in [0.15, 0.2) is 66.7 Å². The molecule has 2 saturated carbocycles. The SMILES string of the molecule is CCc1cc(C2CCCCC2)c(C2CCCC2)c(OC(=O)c2ccccc2)c1OC(=O)c1ccccc1. The topological polar surface area (TPSA) is 52.6 Å². The number of rotatable bonds is 7. The molecule has 3 aromatic carbocycles. The number of benzene rings is 3. The number of carbonyl (C=O) groups excluding carboxylic acids is 2. The van der Waals surface area contributed by atoms with Gasteiger partial charge in [-0.05, 0) is 79.3 Å². The van der Waals surface area contributed by atoms with Gasteiger partial charge in [0.25, 0.3) is 0 Å². The number of esters is 2. The molecule has 0 N–H and O–H groups in total. The Bertz CT molecular complexity index is 1220. The molecule has 0 atom stereocenters. The molecule has 4 heteroatoms. The summed E-state index contributed by atoms with van der Waals surface area (Å²) in [5, 5.41) is 0. The molecule has 37 heavy (non-hydrogen) atoms. The fourth-order valence-electron chi connectivity index (χ4n) is 6.04. The molecule has 2 aliphatic carbocycles. The van der Waals surface area contributed by atoms with Gasteiger partial charge in [-0.1, -0.05) is 81.5 Å². The molecule has 4 nitrogen and oxygen atoms in total. The van der Waals surface area contributed by atoms with E-state index in [0.29, 0.717) is 40.9 Å². The summed E-state index contributed by atoms with van der Waals surface area (Å²) in [6.07, 6.45) is 11.2. The van der Waals surface area contributed by atoms with Gasteiger partial charge in [0.05, 0.1) is 11.1 Å². The molecule has 0 unspecified atom stereocenters. The van der Waals surface area contributed by atoms with E-state index in [9.17, 15) is 9.59 Å². The smallest absolute Gasteiger partial charge is 0.343 e. The van der Waals surface area contributed by atoms with Gasteiger partial charge in [0.15, 0.2) is 11.5 Å². The average molecular weight is 497 g/mol. The predicted octanol–water partition coefficient (Wildman–Crippen LogP) is 8.39. The fourth-order valence-corrected chi connectivity index (χ4v) is 6.04. The molecule has 0 spiro atoms. The van der Waals surface area contributed by atoms with Crippen LogP contribution in [0.5, 0.6) is 11.5 Å². The van der Waals surface area contributed by atoms with E-state index in [-0.39, 0.29) is 0 Å². The monoisotopic (exact) mass is 496 g/mol. The lowest BCUT2D eigenvalue weighted by Crippen LogP contribution is -2.18. The van der Waals surface area contributed by atoms with Crippen LogP contribution in [0.25, 0.3) is 0 Å². The summed E-state index contributed by atoms with van der Waals surface area (Å²) in [4.78, 5) is 26.7. The molecule has 0 radical (unpaired) electrons. The zero-order valence-corrected chi connectivity index (χ0v) is 21.7. The van der Waals surface area contributed by atoms with Crippen molar-refractivity contribution in [3.63, 3.8) is 0 Å². The molecule has 5 rings (SSSR count). The van der Waals surface area contributed by atoms with Crippen molar-refractivity contribution in [1.82, 2.24) is 0 Å². The van der Waals surface area contributed by atoms with Crippen molar-refractivity contribution >= 4 is 11.9 Å². The summed E-state index contributed by atoms with van der Waals surface area (Å²) in [5.74, 6) is 0.764. The van der Waals surface area contributed by atoms with Crippen LogP contribution in [0.3, 0.4) is 0 Å². The zero-order chi connectivity index (χ0) is 25.6. The number of hydrogen-bond acceptors (Lipinski definition) is 4. The molecular formula is C33H36O4. The Morgan fingerprint density at radius 3 is 1.70 bits per heavy atom. The second-order valence-electron chi connectivity index (χ2n) is 10.4. The molecule has 2 fully saturated rings. The highest BCUT2D eigenvalue weighted by Crippen LogP contribution is 2.50. The van der Waals surface area contributed by atoms with Crippen LogP contribution in [0.4, 0.5) is 0 Å². The minimum atomic E-state index is -0.435. The van der Waals surface area contributed by atoms with E-state index in [1.54, 1.807) is 24.3 Å². The molecule has 3 aromatic rings. The van der Waals surface area contributed by atoms with Crippen LogP contribution < -0.4 is 9.47 Å². The van der Waals surface area contributed by atoms with E-state index >= 15 is 0 Å². The second kappa shape index (κ2) is 11.8. The fraction of sp³-hybridized carbons (Fsp3) is 0.394. The van der Waals surface area contributed by atoms with Crippen molar-refractivity contribution in [1.29, 1.82) is 0 Å². The normalized spacial score (nSPS) is 16.5. The highest BCUT2D eigenvalue weighted by Gasteiger charge is 2.33. The third kappa shape index (κ3) is 5.64. The zero-order valence-electron chi connectivity index (χ0n) is 21.7. The van der Waals surface area contributed by atoms with Crippen LogP contribution in [0.1, 0.15) is 114 Å². The first kappa shape index (κ1) is 25.3. The minimum Gasteiger partial charge on any atom is -0.419 e. The molecular weight excluding hydrogens is 460 g/mol. The molecule has 0 aromatic heterocycles. The van der Waals surface area contributed by atoms with Gasteiger partial charge < -0.3 is 9.47 Å². The lowest BCUT2D eigenvalue weighted by molar-refractivity contribution is 0.0678. The standard InChI is InChI=1S/C33H36O4/c1-2-23-22-28(24-14-6-3-7-15-24)29(25-16-12-13-17-25)31(37-33(35)27-20-10-5-11-21-27)30(23)36-32(34)26-18-8-4-9-19-26/h4-5,8-11,18-22,24-25H,2-3,6-7,12-17H2,1H3. The van der Waals surface area contributed by atoms with E-state index in [0.717, 1.165) is 49.7 Å². The number of ether oxygens (including phenoxy) is 2. The molecule has 2 aliphatic rings. The van der Waals surface area contributed by atoms with Crippen LogP contribution in [0, 0.1) is 0 Å². The predicted molar refractivity (Wildman–Crippen MR) is 146 cm³/mol. The summed E-state index contributed by atoms with van der Waals surface area (Å²) < 4.78 is 12.4. The summed E-state index contributed by atoms with van der Waals surface area (Å²) in [6.45, 7) is 2.07. The number of hydrogen-bond donors (Lipinski definition) is 0.